The summed E-state index contributed by atoms with van der Waals surface area (Å²) >= 11 is 0. The number of likely N-dealkylation sites (tertiary alicyclic amines) is 1. The first-order valence-electron chi connectivity index (χ1n) is 9.67. The minimum absolute atomic E-state index is 0.0641. The summed E-state index contributed by atoms with van der Waals surface area (Å²) in [5.41, 5.74) is 1.38. The van der Waals surface area contributed by atoms with Crippen LogP contribution in [0.15, 0.2) is 60.7 Å². The molecule has 1 fully saturated rings. The van der Waals surface area contributed by atoms with Crippen LogP contribution >= 0.6 is 0 Å². The molecule has 0 saturated carbocycles. The van der Waals surface area contributed by atoms with Crippen LogP contribution in [-0.2, 0) is 5.60 Å². The van der Waals surface area contributed by atoms with E-state index in [0.717, 1.165) is 25.2 Å². The second kappa shape index (κ2) is 8.16. The summed E-state index contributed by atoms with van der Waals surface area (Å²) in [4.78, 5) is 2.54. The highest BCUT2D eigenvalue weighted by atomic mass is 16.3. The van der Waals surface area contributed by atoms with Gasteiger partial charge in [0.15, 0.2) is 0 Å². The zero-order valence-corrected chi connectivity index (χ0v) is 15.6. The molecule has 2 nitrogen and oxygen atoms in total. The Balaban J connectivity index is 2.01. The van der Waals surface area contributed by atoms with E-state index in [0.29, 0.717) is 0 Å². The number of piperidine rings is 1. The average Bonchev–Trinajstić information content (AvgIpc) is 2.67. The third-order valence-corrected chi connectivity index (χ3v) is 5.74. The second-order valence-corrected chi connectivity index (χ2v) is 7.67. The predicted molar refractivity (Wildman–Crippen MR) is 105 cm³/mol. The van der Waals surface area contributed by atoms with Gasteiger partial charge in [0.25, 0.3) is 0 Å². The van der Waals surface area contributed by atoms with E-state index in [2.05, 4.69) is 61.2 Å². The maximum absolute atomic E-state index is 12.0. The fraction of sp³-hybridized carbons (Fsp3) is 0.478. The van der Waals surface area contributed by atoms with Gasteiger partial charge in [0.2, 0.25) is 0 Å². The maximum atomic E-state index is 12.0. The summed E-state index contributed by atoms with van der Waals surface area (Å²) in [6, 6.07) is 20.8. The van der Waals surface area contributed by atoms with Crippen LogP contribution in [-0.4, -0.2) is 29.6 Å². The molecule has 0 amide bonds. The van der Waals surface area contributed by atoms with Crippen LogP contribution in [0, 0.1) is 5.92 Å². The summed E-state index contributed by atoms with van der Waals surface area (Å²) in [5.74, 6) is 0.194. The molecule has 3 rings (SSSR count). The van der Waals surface area contributed by atoms with Gasteiger partial charge in [0.05, 0.1) is 5.60 Å². The van der Waals surface area contributed by atoms with E-state index in [4.69, 9.17) is 0 Å². The molecule has 2 heteroatoms. The number of benzene rings is 2. The number of nitrogens with zero attached hydrogens (tertiary/aromatic N) is 1. The van der Waals surface area contributed by atoms with E-state index < -0.39 is 5.60 Å². The predicted octanol–water partition coefficient (Wildman–Crippen LogP) is 4.80. The molecule has 1 N–H and O–H groups in total. The van der Waals surface area contributed by atoms with Crippen LogP contribution in [0.2, 0.25) is 0 Å². The molecule has 0 spiro atoms. The molecule has 1 aliphatic rings. The molecule has 0 radical (unpaired) electrons. The highest BCUT2D eigenvalue weighted by molar-refractivity contribution is 5.32. The fourth-order valence-corrected chi connectivity index (χ4v) is 4.23. The van der Waals surface area contributed by atoms with E-state index in [1.807, 2.05) is 18.2 Å². The smallest absolute Gasteiger partial charge is 0.0999 e. The van der Waals surface area contributed by atoms with E-state index in [1.165, 1.54) is 24.8 Å². The van der Waals surface area contributed by atoms with Gasteiger partial charge in [-0.05, 0) is 43.0 Å². The molecule has 1 heterocycles. The van der Waals surface area contributed by atoms with Crippen molar-refractivity contribution >= 4 is 0 Å². The van der Waals surface area contributed by atoms with Gasteiger partial charge >= 0.3 is 0 Å². The summed E-state index contributed by atoms with van der Waals surface area (Å²) in [7, 11) is 0. The lowest BCUT2D eigenvalue weighted by molar-refractivity contribution is -0.0472. The summed E-state index contributed by atoms with van der Waals surface area (Å²) < 4.78 is 0. The van der Waals surface area contributed by atoms with Crippen molar-refractivity contribution in [3.8, 4) is 0 Å². The second-order valence-electron chi connectivity index (χ2n) is 7.67. The minimum Gasteiger partial charge on any atom is -0.384 e. The minimum atomic E-state index is -0.875. The van der Waals surface area contributed by atoms with E-state index >= 15 is 0 Å². The highest BCUT2D eigenvalue weighted by Crippen LogP contribution is 2.43. The van der Waals surface area contributed by atoms with Crippen molar-refractivity contribution < 1.29 is 5.11 Å². The number of rotatable bonds is 6. The molecule has 1 aliphatic heterocycles. The van der Waals surface area contributed by atoms with Crippen LogP contribution < -0.4 is 0 Å². The van der Waals surface area contributed by atoms with Crippen LogP contribution in [0.4, 0.5) is 0 Å². The van der Waals surface area contributed by atoms with Crippen molar-refractivity contribution in [2.45, 2.75) is 44.6 Å². The Morgan fingerprint density at radius 1 is 0.880 bits per heavy atom. The van der Waals surface area contributed by atoms with E-state index in [9.17, 15) is 5.11 Å². The average molecular weight is 338 g/mol. The molecule has 0 aliphatic carbocycles. The first kappa shape index (κ1) is 18.2. The van der Waals surface area contributed by atoms with Crippen molar-refractivity contribution in [2.75, 3.05) is 19.6 Å². The molecule has 0 unspecified atom stereocenters. The first-order chi connectivity index (χ1) is 12.1. The highest BCUT2D eigenvalue weighted by Gasteiger charge is 2.42. The lowest BCUT2D eigenvalue weighted by Crippen LogP contribution is -2.45. The van der Waals surface area contributed by atoms with Gasteiger partial charge in [-0.3, -0.25) is 0 Å². The lowest BCUT2D eigenvalue weighted by Gasteiger charge is -2.43. The van der Waals surface area contributed by atoms with Crippen molar-refractivity contribution in [1.29, 1.82) is 0 Å². The molecular formula is C23H31NO. The van der Waals surface area contributed by atoms with Crippen molar-refractivity contribution in [3.63, 3.8) is 0 Å². The molecule has 2 atom stereocenters. The Labute approximate surface area is 152 Å². The van der Waals surface area contributed by atoms with Crippen LogP contribution in [0.5, 0.6) is 0 Å². The van der Waals surface area contributed by atoms with Crippen molar-refractivity contribution in [1.82, 2.24) is 4.90 Å². The third-order valence-electron chi connectivity index (χ3n) is 5.74. The third kappa shape index (κ3) is 3.96. The Bertz CT molecular complexity index is 634. The van der Waals surface area contributed by atoms with Crippen LogP contribution in [0.1, 0.15) is 50.2 Å². The Morgan fingerprint density at radius 3 is 2.00 bits per heavy atom. The fourth-order valence-electron chi connectivity index (χ4n) is 4.23. The molecule has 2 aromatic carbocycles. The molecule has 1 saturated heterocycles. The van der Waals surface area contributed by atoms with Gasteiger partial charge in [-0.2, -0.15) is 0 Å². The topological polar surface area (TPSA) is 23.5 Å². The quantitative estimate of drug-likeness (QED) is 0.818. The van der Waals surface area contributed by atoms with Gasteiger partial charge < -0.3 is 10.0 Å². The van der Waals surface area contributed by atoms with Gasteiger partial charge in [0, 0.05) is 12.5 Å². The van der Waals surface area contributed by atoms with Crippen molar-refractivity contribution in [3.05, 3.63) is 71.8 Å². The van der Waals surface area contributed by atoms with Gasteiger partial charge in [0.1, 0.15) is 0 Å². The standard InChI is InChI=1S/C23H31NO/c1-19(2)23(25,21-14-8-4-9-15-21)22(20-12-6-3-7-13-20)18-24-16-10-5-11-17-24/h3-4,6-9,12-15,19,22,25H,5,10-11,16-18H2,1-2H3/t22-,23-/m1/s1. The van der Waals surface area contributed by atoms with E-state index in [-0.39, 0.29) is 11.8 Å². The maximum Gasteiger partial charge on any atom is 0.0999 e. The molecular weight excluding hydrogens is 306 g/mol. The summed E-state index contributed by atoms with van der Waals surface area (Å²) in [6.07, 6.45) is 3.87. The number of hydrogen-bond donors (Lipinski definition) is 1. The van der Waals surface area contributed by atoms with Gasteiger partial charge in [-0.1, -0.05) is 80.9 Å². The molecule has 0 aromatic heterocycles. The van der Waals surface area contributed by atoms with E-state index in [1.54, 1.807) is 0 Å². The molecule has 25 heavy (non-hydrogen) atoms. The Morgan fingerprint density at radius 2 is 1.44 bits per heavy atom. The molecule has 2 aromatic rings. The summed E-state index contributed by atoms with van der Waals surface area (Å²) in [5, 5.41) is 12.0. The molecule has 0 bridgehead atoms. The monoisotopic (exact) mass is 337 g/mol. The Kier molecular flexibility index (Phi) is 5.93. The van der Waals surface area contributed by atoms with Crippen LogP contribution in [0.3, 0.4) is 0 Å². The number of hydrogen-bond acceptors (Lipinski definition) is 2. The largest absolute Gasteiger partial charge is 0.384 e. The summed E-state index contributed by atoms with van der Waals surface area (Å²) in [6.45, 7) is 7.48. The first-order valence-corrected chi connectivity index (χ1v) is 9.67. The zero-order valence-electron chi connectivity index (χ0n) is 15.6. The number of aliphatic hydroxyl groups is 1. The normalized spacial score (nSPS) is 19.5. The van der Waals surface area contributed by atoms with Crippen molar-refractivity contribution in [2.24, 2.45) is 5.92 Å². The van der Waals surface area contributed by atoms with Gasteiger partial charge in [-0.25, -0.2) is 0 Å². The molecule has 134 valence electrons. The van der Waals surface area contributed by atoms with Gasteiger partial charge in [-0.15, -0.1) is 0 Å². The Hall–Kier alpha value is -1.64. The SMILES string of the molecule is CC(C)[C@@](O)(c1ccccc1)[C@H](CN1CCCCC1)c1ccccc1. The zero-order chi connectivity index (χ0) is 17.7. The lowest BCUT2D eigenvalue weighted by atomic mass is 9.70. The van der Waals surface area contributed by atoms with Crippen LogP contribution in [0.25, 0.3) is 0 Å².